The summed E-state index contributed by atoms with van der Waals surface area (Å²) in [6.07, 6.45) is 0. The van der Waals surface area contributed by atoms with Crippen LogP contribution in [0, 0.1) is 5.82 Å². The van der Waals surface area contributed by atoms with Crippen LogP contribution in [0.5, 0.6) is 0 Å². The van der Waals surface area contributed by atoms with Crippen molar-refractivity contribution in [3.63, 3.8) is 0 Å². The number of hydrogen-bond acceptors (Lipinski definition) is 4. The lowest BCUT2D eigenvalue weighted by Gasteiger charge is -2.14. The lowest BCUT2D eigenvalue weighted by Crippen LogP contribution is -2.32. The highest BCUT2D eigenvalue weighted by molar-refractivity contribution is 7.91. The van der Waals surface area contributed by atoms with Crippen LogP contribution in [0.15, 0.2) is 23.1 Å². The summed E-state index contributed by atoms with van der Waals surface area (Å²) >= 11 is 0. The molecule has 19 heavy (non-hydrogen) atoms. The van der Waals surface area contributed by atoms with Crippen LogP contribution in [0.3, 0.4) is 0 Å². The van der Waals surface area contributed by atoms with Gasteiger partial charge in [0.05, 0.1) is 16.3 Å². The number of halogens is 1. The number of nitrogens with two attached hydrogens (primary N) is 1. The van der Waals surface area contributed by atoms with Crippen LogP contribution in [0.25, 0.3) is 0 Å². The summed E-state index contributed by atoms with van der Waals surface area (Å²) < 4.78 is 37.2. The topological polar surface area (TPSA) is 92.5 Å². The largest absolute Gasteiger partial charge is 0.396 e. The first-order chi connectivity index (χ1) is 8.90. The number of amides is 2. The van der Waals surface area contributed by atoms with Crippen LogP contribution >= 0.6 is 0 Å². The zero-order valence-electron chi connectivity index (χ0n) is 10.1. The van der Waals surface area contributed by atoms with E-state index in [1.165, 1.54) is 17.0 Å². The maximum Gasteiger partial charge on any atom is 0.317 e. The van der Waals surface area contributed by atoms with Crippen molar-refractivity contribution in [3.8, 4) is 0 Å². The fraction of sp³-hybridized carbons (Fsp3) is 0.364. The lowest BCUT2D eigenvalue weighted by molar-refractivity contribution is 0.220. The second-order valence-electron chi connectivity index (χ2n) is 4.22. The first kappa shape index (κ1) is 13.6. The minimum Gasteiger partial charge on any atom is -0.396 e. The van der Waals surface area contributed by atoms with Crippen molar-refractivity contribution >= 4 is 21.6 Å². The van der Waals surface area contributed by atoms with Gasteiger partial charge in [0, 0.05) is 19.6 Å². The number of benzene rings is 1. The number of nitrogens with zero attached hydrogens (tertiary/aromatic N) is 1. The number of nitrogens with one attached hydrogen (secondary N) is 1. The van der Waals surface area contributed by atoms with E-state index in [1.807, 2.05) is 0 Å². The fourth-order valence-electron chi connectivity index (χ4n) is 1.77. The summed E-state index contributed by atoms with van der Waals surface area (Å²) in [5.74, 6) is -1.01. The summed E-state index contributed by atoms with van der Waals surface area (Å²) in [6.45, 7) is 1.07. The molecule has 1 fully saturated rings. The van der Waals surface area contributed by atoms with Gasteiger partial charge >= 0.3 is 6.03 Å². The molecule has 1 aromatic carbocycles. The van der Waals surface area contributed by atoms with Gasteiger partial charge in [-0.2, -0.15) is 0 Å². The maximum atomic E-state index is 13.2. The van der Waals surface area contributed by atoms with E-state index in [2.05, 4.69) is 5.32 Å². The highest BCUT2D eigenvalue weighted by Gasteiger charge is 2.23. The molecular weight excluding hydrogens is 273 g/mol. The van der Waals surface area contributed by atoms with E-state index in [-0.39, 0.29) is 28.9 Å². The lowest BCUT2D eigenvalue weighted by atomic mass is 10.3. The number of hydrogen-bond donors (Lipinski definition) is 2. The zero-order chi connectivity index (χ0) is 14.0. The Labute approximate surface area is 110 Å². The molecule has 8 heteroatoms. The van der Waals surface area contributed by atoms with Gasteiger partial charge in [-0.15, -0.1) is 0 Å². The third kappa shape index (κ3) is 2.95. The molecule has 0 saturated carbocycles. The van der Waals surface area contributed by atoms with Crippen LogP contribution in [0.2, 0.25) is 0 Å². The van der Waals surface area contributed by atoms with E-state index in [0.717, 1.165) is 6.07 Å². The first-order valence-electron chi connectivity index (χ1n) is 5.71. The number of rotatable bonds is 4. The highest BCUT2D eigenvalue weighted by Crippen LogP contribution is 2.17. The Bertz CT molecular complexity index is 603. The minimum absolute atomic E-state index is 0.0835. The second-order valence-corrected chi connectivity index (χ2v) is 6.33. The predicted octanol–water partition coefficient (Wildman–Crippen LogP) is 0.207. The molecule has 0 bridgehead atoms. The molecule has 1 aliphatic heterocycles. The fourth-order valence-corrected chi connectivity index (χ4v) is 3.03. The van der Waals surface area contributed by atoms with Crippen LogP contribution in [0.4, 0.5) is 14.9 Å². The van der Waals surface area contributed by atoms with Gasteiger partial charge in [0.25, 0.3) is 0 Å². The van der Waals surface area contributed by atoms with Crippen LogP contribution in [0.1, 0.15) is 0 Å². The molecule has 1 aromatic rings. The van der Waals surface area contributed by atoms with Crippen molar-refractivity contribution < 1.29 is 17.6 Å². The summed E-state index contributed by atoms with van der Waals surface area (Å²) in [5, 5.41) is 2.58. The van der Waals surface area contributed by atoms with Gasteiger partial charge in [0.15, 0.2) is 9.84 Å². The number of nitrogen functional groups attached to an aromatic ring is 1. The van der Waals surface area contributed by atoms with Gasteiger partial charge in [0.2, 0.25) is 0 Å². The van der Waals surface area contributed by atoms with E-state index in [9.17, 15) is 17.6 Å². The van der Waals surface area contributed by atoms with Crippen molar-refractivity contribution in [2.75, 3.05) is 31.1 Å². The van der Waals surface area contributed by atoms with Crippen LogP contribution in [-0.2, 0) is 9.84 Å². The van der Waals surface area contributed by atoms with Gasteiger partial charge in [-0.1, -0.05) is 0 Å². The molecule has 0 unspecified atom stereocenters. The minimum atomic E-state index is -3.63. The summed E-state index contributed by atoms with van der Waals surface area (Å²) in [5.41, 5.74) is 5.19. The SMILES string of the molecule is Nc1ccc(S(=O)(=O)CCN2CCNC2=O)cc1F. The maximum absolute atomic E-state index is 13.2. The Morgan fingerprint density at radius 1 is 1.42 bits per heavy atom. The molecule has 0 radical (unpaired) electrons. The molecule has 2 rings (SSSR count). The Kier molecular flexibility index (Phi) is 3.61. The van der Waals surface area contributed by atoms with Gasteiger partial charge in [-0.25, -0.2) is 17.6 Å². The van der Waals surface area contributed by atoms with E-state index < -0.39 is 15.7 Å². The molecule has 0 atom stereocenters. The van der Waals surface area contributed by atoms with Crippen LogP contribution < -0.4 is 11.1 Å². The standard InChI is InChI=1S/C11H14FN3O3S/c12-9-7-8(1-2-10(9)13)19(17,18)6-5-15-4-3-14-11(15)16/h1-2,7H,3-6,13H2,(H,14,16). The smallest absolute Gasteiger partial charge is 0.317 e. The van der Waals surface area contributed by atoms with Crippen molar-refractivity contribution in [2.24, 2.45) is 0 Å². The Morgan fingerprint density at radius 2 is 2.16 bits per heavy atom. The molecule has 2 amide bonds. The number of sulfone groups is 1. The molecule has 1 heterocycles. The molecule has 3 N–H and O–H groups in total. The molecule has 1 aliphatic rings. The molecular formula is C11H14FN3O3S. The average molecular weight is 287 g/mol. The van der Waals surface area contributed by atoms with Crippen molar-refractivity contribution in [1.29, 1.82) is 0 Å². The quantitative estimate of drug-likeness (QED) is 0.774. The van der Waals surface area contributed by atoms with E-state index in [0.29, 0.717) is 13.1 Å². The van der Waals surface area contributed by atoms with Gasteiger partial charge in [0.1, 0.15) is 5.82 Å². The predicted molar refractivity (Wildman–Crippen MR) is 67.8 cm³/mol. The summed E-state index contributed by atoms with van der Waals surface area (Å²) in [4.78, 5) is 12.6. The van der Waals surface area contributed by atoms with Crippen molar-refractivity contribution in [3.05, 3.63) is 24.0 Å². The number of carbonyl (C=O) groups is 1. The van der Waals surface area contributed by atoms with Gasteiger partial charge in [-0.05, 0) is 18.2 Å². The van der Waals surface area contributed by atoms with Crippen molar-refractivity contribution in [2.45, 2.75) is 4.90 Å². The summed E-state index contributed by atoms with van der Waals surface area (Å²) in [7, 11) is -3.63. The molecule has 6 nitrogen and oxygen atoms in total. The normalized spacial score (nSPS) is 15.6. The molecule has 1 saturated heterocycles. The Balaban J connectivity index is 2.09. The van der Waals surface area contributed by atoms with Crippen LogP contribution in [-0.4, -0.2) is 44.7 Å². The third-order valence-corrected chi connectivity index (χ3v) is 4.60. The second kappa shape index (κ2) is 5.04. The Hall–Kier alpha value is -1.83. The monoisotopic (exact) mass is 287 g/mol. The third-order valence-electron chi connectivity index (χ3n) is 2.91. The van der Waals surface area contributed by atoms with E-state index in [4.69, 9.17) is 5.73 Å². The number of carbonyl (C=O) groups excluding carboxylic acids is 1. The average Bonchev–Trinajstić information content (AvgIpc) is 2.76. The first-order valence-corrected chi connectivity index (χ1v) is 7.36. The van der Waals surface area contributed by atoms with Gasteiger partial charge < -0.3 is 16.0 Å². The molecule has 0 aromatic heterocycles. The van der Waals surface area contributed by atoms with E-state index >= 15 is 0 Å². The molecule has 0 spiro atoms. The summed E-state index contributed by atoms with van der Waals surface area (Å²) in [6, 6.07) is 3.09. The highest BCUT2D eigenvalue weighted by atomic mass is 32.2. The molecule has 0 aliphatic carbocycles. The van der Waals surface area contributed by atoms with E-state index in [1.54, 1.807) is 0 Å². The Morgan fingerprint density at radius 3 is 2.74 bits per heavy atom. The van der Waals surface area contributed by atoms with Crippen molar-refractivity contribution in [1.82, 2.24) is 10.2 Å². The van der Waals surface area contributed by atoms with Gasteiger partial charge in [-0.3, -0.25) is 0 Å². The zero-order valence-corrected chi connectivity index (χ0v) is 10.9. The number of anilines is 1. The number of urea groups is 1. The molecule has 104 valence electrons.